The lowest BCUT2D eigenvalue weighted by molar-refractivity contribution is -0.153. The summed E-state index contributed by atoms with van der Waals surface area (Å²) in [5.74, 6) is -0.126. The monoisotopic (exact) mass is 397 g/mol. The summed E-state index contributed by atoms with van der Waals surface area (Å²) < 4.78 is 16.1. The molecule has 0 unspecified atom stereocenters. The van der Waals surface area contributed by atoms with Gasteiger partial charge in [0.1, 0.15) is 6.61 Å². The molecule has 0 fully saturated rings. The second-order valence-electron chi connectivity index (χ2n) is 7.68. The Morgan fingerprint density at radius 3 is 2.34 bits per heavy atom. The Balaban J connectivity index is 1.52. The van der Waals surface area contributed by atoms with Gasteiger partial charge in [-0.2, -0.15) is 0 Å². The van der Waals surface area contributed by atoms with Gasteiger partial charge >= 0.3 is 5.97 Å². The number of anilines is 1. The van der Waals surface area contributed by atoms with Crippen molar-refractivity contribution in [2.45, 2.75) is 26.9 Å². The van der Waals surface area contributed by atoms with E-state index in [2.05, 4.69) is 5.32 Å². The fourth-order valence-corrected chi connectivity index (χ4v) is 2.51. The molecule has 1 aliphatic rings. The van der Waals surface area contributed by atoms with Crippen LogP contribution in [0.1, 0.15) is 31.1 Å². The maximum Gasteiger partial charge on any atom is 0.351 e. The largest absolute Gasteiger partial charge is 0.485 e. The number of para-hydroxylation sites is 2. The summed E-state index contributed by atoms with van der Waals surface area (Å²) in [7, 11) is 0. The van der Waals surface area contributed by atoms with Gasteiger partial charge < -0.3 is 19.5 Å². The first-order chi connectivity index (χ1) is 13.7. The molecule has 2 aromatic carbocycles. The van der Waals surface area contributed by atoms with Gasteiger partial charge in [-0.25, -0.2) is 4.79 Å². The smallest absolute Gasteiger partial charge is 0.351 e. The van der Waals surface area contributed by atoms with Crippen LogP contribution in [0.15, 0.2) is 48.5 Å². The van der Waals surface area contributed by atoms with Crippen molar-refractivity contribution in [3.05, 3.63) is 54.1 Å². The fraction of sp³-hybridized carbons (Fsp3) is 0.318. The molecule has 0 aliphatic carbocycles. The zero-order valence-electron chi connectivity index (χ0n) is 16.6. The van der Waals surface area contributed by atoms with Crippen LogP contribution < -0.4 is 14.8 Å². The summed E-state index contributed by atoms with van der Waals surface area (Å²) in [5, 5.41) is 2.78. The number of carbonyl (C=O) groups is 3. The highest BCUT2D eigenvalue weighted by molar-refractivity contribution is 5.99. The van der Waals surface area contributed by atoms with Crippen molar-refractivity contribution >= 4 is 23.3 Å². The van der Waals surface area contributed by atoms with Crippen molar-refractivity contribution in [3.8, 4) is 11.5 Å². The number of rotatable bonds is 5. The number of fused-ring (bicyclic) bond motifs is 1. The molecule has 0 radical (unpaired) electrons. The third kappa shape index (κ3) is 5.13. The third-order valence-electron chi connectivity index (χ3n) is 4.26. The van der Waals surface area contributed by atoms with E-state index in [0.717, 1.165) is 0 Å². The number of amides is 1. The third-order valence-corrected chi connectivity index (χ3v) is 4.26. The van der Waals surface area contributed by atoms with Crippen LogP contribution in [0.5, 0.6) is 11.5 Å². The van der Waals surface area contributed by atoms with E-state index in [1.165, 1.54) is 0 Å². The number of carbonyl (C=O) groups excluding carboxylic acids is 3. The minimum absolute atomic E-state index is 0.0200. The Kier molecular flexibility index (Phi) is 5.87. The van der Waals surface area contributed by atoms with Gasteiger partial charge in [0.25, 0.3) is 0 Å². The average molecular weight is 397 g/mol. The number of ketones is 1. The Morgan fingerprint density at radius 1 is 1.03 bits per heavy atom. The molecular formula is C22H23NO6. The number of Topliss-reactive ketones (excluding diaryl/α,β-unsaturated/α-hetero) is 1. The molecule has 1 atom stereocenters. The standard InChI is InChI=1S/C22H23NO6/c1-22(2,3)21(26)23-15-10-8-14(9-11-15)16(24)12-28-20(25)19-13-27-17-6-4-5-7-18(17)29-19/h4-11,19H,12-13H2,1-3H3,(H,23,26)/t19-/m0/s1. The molecule has 29 heavy (non-hydrogen) atoms. The minimum atomic E-state index is -0.923. The van der Waals surface area contributed by atoms with Gasteiger partial charge in [0, 0.05) is 16.7 Å². The molecule has 3 rings (SSSR count). The number of ether oxygens (including phenoxy) is 3. The van der Waals surface area contributed by atoms with E-state index in [-0.39, 0.29) is 18.3 Å². The highest BCUT2D eigenvalue weighted by Gasteiger charge is 2.29. The molecule has 1 N–H and O–H groups in total. The summed E-state index contributed by atoms with van der Waals surface area (Å²) in [6.45, 7) is 5.05. The molecule has 0 bridgehead atoms. The summed E-state index contributed by atoms with van der Waals surface area (Å²) >= 11 is 0. The van der Waals surface area contributed by atoms with Gasteiger partial charge in [-0.1, -0.05) is 32.9 Å². The Hall–Kier alpha value is -3.35. The summed E-state index contributed by atoms with van der Waals surface area (Å²) in [6, 6.07) is 13.4. The minimum Gasteiger partial charge on any atom is -0.485 e. The van der Waals surface area contributed by atoms with E-state index in [4.69, 9.17) is 14.2 Å². The molecule has 152 valence electrons. The van der Waals surface area contributed by atoms with Crippen molar-refractivity contribution in [3.63, 3.8) is 0 Å². The zero-order valence-corrected chi connectivity index (χ0v) is 16.6. The molecule has 7 heteroatoms. The fourth-order valence-electron chi connectivity index (χ4n) is 2.51. The van der Waals surface area contributed by atoms with Crippen molar-refractivity contribution in [2.24, 2.45) is 5.41 Å². The molecule has 7 nitrogen and oxygen atoms in total. The molecule has 0 saturated carbocycles. The second-order valence-corrected chi connectivity index (χ2v) is 7.68. The molecule has 0 aromatic heterocycles. The van der Waals surface area contributed by atoms with E-state index in [9.17, 15) is 14.4 Å². The summed E-state index contributed by atoms with van der Waals surface area (Å²) in [5.41, 5.74) is 0.441. The van der Waals surface area contributed by atoms with Crippen LogP contribution in [0.2, 0.25) is 0 Å². The summed E-state index contributed by atoms with van der Waals surface area (Å²) in [4.78, 5) is 36.5. The number of hydrogen-bond donors (Lipinski definition) is 1. The molecule has 0 saturated heterocycles. The molecule has 0 spiro atoms. The van der Waals surface area contributed by atoms with E-state index < -0.39 is 24.1 Å². The summed E-state index contributed by atoms with van der Waals surface area (Å²) in [6.07, 6.45) is -0.923. The lowest BCUT2D eigenvalue weighted by atomic mass is 9.95. The highest BCUT2D eigenvalue weighted by atomic mass is 16.6. The van der Waals surface area contributed by atoms with Crippen molar-refractivity contribution in [2.75, 3.05) is 18.5 Å². The van der Waals surface area contributed by atoms with Gasteiger partial charge in [-0.05, 0) is 36.4 Å². The van der Waals surface area contributed by atoms with Crippen LogP contribution >= 0.6 is 0 Å². The quantitative estimate of drug-likeness (QED) is 0.615. The zero-order chi connectivity index (χ0) is 21.0. The van der Waals surface area contributed by atoms with Crippen LogP contribution in [0, 0.1) is 5.41 Å². The Morgan fingerprint density at radius 2 is 1.69 bits per heavy atom. The first-order valence-electron chi connectivity index (χ1n) is 9.24. The molecule has 2 aromatic rings. The van der Waals surface area contributed by atoms with E-state index in [1.807, 2.05) is 20.8 Å². The maximum absolute atomic E-state index is 12.3. The molecule has 1 aliphatic heterocycles. The molecule has 1 amide bonds. The Bertz CT molecular complexity index is 914. The van der Waals surface area contributed by atoms with E-state index in [1.54, 1.807) is 48.5 Å². The first kappa shape index (κ1) is 20.4. The van der Waals surface area contributed by atoms with Crippen molar-refractivity contribution in [1.82, 2.24) is 0 Å². The van der Waals surface area contributed by atoms with Crippen LogP contribution in [-0.2, 0) is 14.3 Å². The maximum atomic E-state index is 12.3. The Labute approximate surface area is 169 Å². The van der Waals surface area contributed by atoms with Gasteiger partial charge in [0.2, 0.25) is 12.0 Å². The lowest BCUT2D eigenvalue weighted by Gasteiger charge is -2.24. The predicted octanol–water partition coefficient (Wildman–Crippen LogP) is 3.24. The van der Waals surface area contributed by atoms with Crippen LogP contribution in [0.25, 0.3) is 0 Å². The number of nitrogens with one attached hydrogen (secondary N) is 1. The number of hydrogen-bond acceptors (Lipinski definition) is 6. The van der Waals surface area contributed by atoms with E-state index >= 15 is 0 Å². The van der Waals surface area contributed by atoms with Crippen LogP contribution in [0.3, 0.4) is 0 Å². The van der Waals surface area contributed by atoms with Gasteiger partial charge in [-0.3, -0.25) is 9.59 Å². The highest BCUT2D eigenvalue weighted by Crippen LogP contribution is 2.31. The normalized spacial score (nSPS) is 15.3. The molecular weight excluding hydrogens is 374 g/mol. The van der Waals surface area contributed by atoms with Crippen LogP contribution in [-0.4, -0.2) is 37.0 Å². The molecule has 1 heterocycles. The van der Waals surface area contributed by atoms with Gasteiger partial charge in [0.15, 0.2) is 23.9 Å². The number of esters is 1. The van der Waals surface area contributed by atoms with E-state index in [0.29, 0.717) is 22.7 Å². The SMILES string of the molecule is CC(C)(C)C(=O)Nc1ccc(C(=O)COC(=O)[C@@H]2COc3ccccc3O2)cc1. The van der Waals surface area contributed by atoms with Crippen molar-refractivity contribution < 1.29 is 28.6 Å². The van der Waals surface area contributed by atoms with Crippen LogP contribution in [0.4, 0.5) is 5.69 Å². The van der Waals surface area contributed by atoms with Gasteiger partial charge in [0.05, 0.1) is 0 Å². The topological polar surface area (TPSA) is 90.9 Å². The second kappa shape index (κ2) is 8.34. The average Bonchev–Trinajstić information content (AvgIpc) is 2.71. The predicted molar refractivity (Wildman–Crippen MR) is 106 cm³/mol. The van der Waals surface area contributed by atoms with Crippen molar-refractivity contribution in [1.29, 1.82) is 0 Å². The first-order valence-corrected chi connectivity index (χ1v) is 9.24. The lowest BCUT2D eigenvalue weighted by Crippen LogP contribution is -2.38. The van der Waals surface area contributed by atoms with Gasteiger partial charge in [-0.15, -0.1) is 0 Å². The number of benzene rings is 2.